The summed E-state index contributed by atoms with van der Waals surface area (Å²) in [5.41, 5.74) is 4.33. The maximum atomic E-state index is 13.3. The maximum Gasteiger partial charge on any atom is 0.251 e. The van der Waals surface area contributed by atoms with Crippen molar-refractivity contribution in [2.24, 2.45) is 0 Å². The van der Waals surface area contributed by atoms with E-state index in [1.165, 1.54) is 12.1 Å². The SMILES string of the molecule is CNC(=O)c1cccc(NCc2cc(F)ccc2C)c1C. The fraction of sp³-hybridized carbons (Fsp3) is 0.235. The van der Waals surface area contributed by atoms with Crippen LogP contribution in [0.5, 0.6) is 0 Å². The first-order chi connectivity index (χ1) is 10.0. The molecule has 4 heteroatoms. The lowest BCUT2D eigenvalue weighted by Gasteiger charge is -2.14. The van der Waals surface area contributed by atoms with Crippen molar-refractivity contribution in [3.8, 4) is 0 Å². The van der Waals surface area contributed by atoms with Gasteiger partial charge in [-0.05, 0) is 54.8 Å². The van der Waals surface area contributed by atoms with Crippen molar-refractivity contribution in [2.75, 3.05) is 12.4 Å². The highest BCUT2D eigenvalue weighted by Gasteiger charge is 2.10. The van der Waals surface area contributed by atoms with E-state index in [2.05, 4.69) is 10.6 Å². The van der Waals surface area contributed by atoms with Gasteiger partial charge in [-0.1, -0.05) is 12.1 Å². The van der Waals surface area contributed by atoms with Crippen molar-refractivity contribution in [3.63, 3.8) is 0 Å². The van der Waals surface area contributed by atoms with E-state index >= 15 is 0 Å². The van der Waals surface area contributed by atoms with Gasteiger partial charge in [0.1, 0.15) is 5.82 Å². The quantitative estimate of drug-likeness (QED) is 0.904. The Morgan fingerprint density at radius 2 is 1.95 bits per heavy atom. The molecule has 0 heterocycles. The van der Waals surface area contributed by atoms with E-state index in [1.807, 2.05) is 26.0 Å². The lowest BCUT2D eigenvalue weighted by atomic mass is 10.0. The number of anilines is 1. The Morgan fingerprint density at radius 1 is 1.19 bits per heavy atom. The van der Waals surface area contributed by atoms with E-state index in [4.69, 9.17) is 0 Å². The fourth-order valence-electron chi connectivity index (χ4n) is 2.23. The Kier molecular flexibility index (Phi) is 4.58. The summed E-state index contributed by atoms with van der Waals surface area (Å²) in [4.78, 5) is 11.8. The Labute approximate surface area is 124 Å². The monoisotopic (exact) mass is 286 g/mol. The highest BCUT2D eigenvalue weighted by atomic mass is 19.1. The molecular weight excluding hydrogens is 267 g/mol. The van der Waals surface area contributed by atoms with E-state index in [-0.39, 0.29) is 11.7 Å². The van der Waals surface area contributed by atoms with Crippen LogP contribution >= 0.6 is 0 Å². The van der Waals surface area contributed by atoms with Gasteiger partial charge in [-0.25, -0.2) is 4.39 Å². The van der Waals surface area contributed by atoms with Gasteiger partial charge in [-0.3, -0.25) is 4.79 Å². The van der Waals surface area contributed by atoms with E-state index in [0.29, 0.717) is 12.1 Å². The van der Waals surface area contributed by atoms with Crippen LogP contribution in [0, 0.1) is 19.7 Å². The summed E-state index contributed by atoms with van der Waals surface area (Å²) in [5, 5.41) is 5.89. The standard InChI is InChI=1S/C17H19FN2O/c1-11-7-8-14(18)9-13(11)10-20-16-6-4-5-15(12(16)2)17(21)19-3/h4-9,20H,10H2,1-3H3,(H,19,21). The molecule has 0 aliphatic carbocycles. The predicted molar refractivity (Wildman–Crippen MR) is 83.0 cm³/mol. The summed E-state index contributed by atoms with van der Waals surface area (Å²) < 4.78 is 13.3. The molecule has 2 rings (SSSR count). The highest BCUT2D eigenvalue weighted by molar-refractivity contribution is 5.96. The van der Waals surface area contributed by atoms with Crippen LogP contribution in [0.3, 0.4) is 0 Å². The minimum atomic E-state index is -0.242. The van der Waals surface area contributed by atoms with E-state index in [0.717, 1.165) is 22.4 Å². The summed E-state index contributed by atoms with van der Waals surface area (Å²) in [6, 6.07) is 10.3. The van der Waals surface area contributed by atoms with Crippen molar-refractivity contribution in [1.82, 2.24) is 5.32 Å². The molecule has 0 saturated heterocycles. The molecule has 0 bridgehead atoms. The molecule has 0 spiro atoms. The highest BCUT2D eigenvalue weighted by Crippen LogP contribution is 2.20. The molecule has 1 amide bonds. The van der Waals surface area contributed by atoms with Gasteiger partial charge in [0.15, 0.2) is 0 Å². The Hall–Kier alpha value is -2.36. The van der Waals surface area contributed by atoms with Crippen molar-refractivity contribution >= 4 is 11.6 Å². The second-order valence-electron chi connectivity index (χ2n) is 4.98. The minimum absolute atomic E-state index is 0.113. The molecule has 0 fully saturated rings. The van der Waals surface area contributed by atoms with Crippen LogP contribution < -0.4 is 10.6 Å². The summed E-state index contributed by atoms with van der Waals surface area (Å²) >= 11 is 0. The van der Waals surface area contributed by atoms with Gasteiger partial charge in [0, 0.05) is 24.8 Å². The first kappa shape index (κ1) is 15.0. The van der Waals surface area contributed by atoms with Crippen LogP contribution in [0.4, 0.5) is 10.1 Å². The lowest BCUT2D eigenvalue weighted by Crippen LogP contribution is -2.19. The number of halogens is 1. The third-order valence-electron chi connectivity index (χ3n) is 3.59. The summed E-state index contributed by atoms with van der Waals surface area (Å²) in [7, 11) is 1.61. The van der Waals surface area contributed by atoms with Crippen LogP contribution in [0.25, 0.3) is 0 Å². The average Bonchev–Trinajstić information content (AvgIpc) is 2.48. The van der Waals surface area contributed by atoms with Gasteiger partial charge < -0.3 is 10.6 Å². The first-order valence-corrected chi connectivity index (χ1v) is 6.83. The van der Waals surface area contributed by atoms with E-state index in [1.54, 1.807) is 19.2 Å². The third-order valence-corrected chi connectivity index (χ3v) is 3.59. The molecule has 0 aromatic heterocycles. The lowest BCUT2D eigenvalue weighted by molar-refractivity contribution is 0.0962. The zero-order valence-corrected chi connectivity index (χ0v) is 12.5. The number of hydrogen-bond acceptors (Lipinski definition) is 2. The molecule has 0 saturated carbocycles. The van der Waals surface area contributed by atoms with Crippen LogP contribution in [0.2, 0.25) is 0 Å². The molecule has 0 unspecified atom stereocenters. The smallest absolute Gasteiger partial charge is 0.251 e. The molecule has 21 heavy (non-hydrogen) atoms. The molecular formula is C17H19FN2O. The number of aryl methyl sites for hydroxylation is 1. The Bertz CT molecular complexity index is 668. The zero-order valence-electron chi connectivity index (χ0n) is 12.5. The number of amides is 1. The van der Waals surface area contributed by atoms with E-state index in [9.17, 15) is 9.18 Å². The third kappa shape index (κ3) is 3.40. The van der Waals surface area contributed by atoms with Crippen LogP contribution in [0.15, 0.2) is 36.4 Å². The van der Waals surface area contributed by atoms with Crippen molar-refractivity contribution in [3.05, 3.63) is 64.5 Å². The number of nitrogens with one attached hydrogen (secondary N) is 2. The van der Waals surface area contributed by atoms with Crippen LogP contribution in [-0.2, 0) is 6.54 Å². The number of rotatable bonds is 4. The number of carbonyl (C=O) groups excluding carboxylic acids is 1. The average molecular weight is 286 g/mol. The van der Waals surface area contributed by atoms with Crippen LogP contribution in [-0.4, -0.2) is 13.0 Å². The molecule has 0 aliphatic heterocycles. The van der Waals surface area contributed by atoms with Crippen molar-refractivity contribution < 1.29 is 9.18 Å². The number of hydrogen-bond donors (Lipinski definition) is 2. The molecule has 2 aromatic carbocycles. The van der Waals surface area contributed by atoms with E-state index < -0.39 is 0 Å². The Balaban J connectivity index is 2.21. The number of carbonyl (C=O) groups is 1. The fourth-order valence-corrected chi connectivity index (χ4v) is 2.23. The van der Waals surface area contributed by atoms with Gasteiger partial charge in [0.2, 0.25) is 0 Å². The van der Waals surface area contributed by atoms with Gasteiger partial charge in [-0.2, -0.15) is 0 Å². The normalized spacial score (nSPS) is 10.3. The topological polar surface area (TPSA) is 41.1 Å². The van der Waals surface area contributed by atoms with Gasteiger partial charge in [0.05, 0.1) is 0 Å². The van der Waals surface area contributed by atoms with Gasteiger partial charge in [-0.15, -0.1) is 0 Å². The van der Waals surface area contributed by atoms with Crippen molar-refractivity contribution in [1.29, 1.82) is 0 Å². The first-order valence-electron chi connectivity index (χ1n) is 6.83. The Morgan fingerprint density at radius 3 is 2.67 bits per heavy atom. The summed E-state index contributed by atoms with van der Waals surface area (Å²) in [6.07, 6.45) is 0. The molecule has 2 N–H and O–H groups in total. The largest absolute Gasteiger partial charge is 0.381 e. The maximum absolute atomic E-state index is 13.3. The summed E-state index contributed by atoms with van der Waals surface area (Å²) in [5.74, 6) is -0.355. The molecule has 0 atom stereocenters. The second kappa shape index (κ2) is 6.39. The summed E-state index contributed by atoms with van der Waals surface area (Å²) in [6.45, 7) is 4.36. The predicted octanol–water partition coefficient (Wildman–Crippen LogP) is 3.41. The zero-order chi connectivity index (χ0) is 15.4. The molecule has 110 valence electrons. The van der Waals surface area contributed by atoms with Gasteiger partial charge in [0.25, 0.3) is 5.91 Å². The van der Waals surface area contributed by atoms with Gasteiger partial charge >= 0.3 is 0 Å². The molecule has 0 aliphatic rings. The molecule has 0 radical (unpaired) electrons. The molecule has 2 aromatic rings. The van der Waals surface area contributed by atoms with Crippen molar-refractivity contribution in [2.45, 2.75) is 20.4 Å². The van der Waals surface area contributed by atoms with Crippen LogP contribution in [0.1, 0.15) is 27.0 Å². The minimum Gasteiger partial charge on any atom is -0.381 e. The second-order valence-corrected chi connectivity index (χ2v) is 4.98. The number of benzene rings is 2. The molecule has 3 nitrogen and oxygen atoms in total.